The third-order valence-electron chi connectivity index (χ3n) is 3.72. The summed E-state index contributed by atoms with van der Waals surface area (Å²) in [5, 5.41) is 6.16. The number of nitrogens with one attached hydrogen (secondary N) is 2. The number of halogens is 1. The molecular formula is C15H22ClN3O2. The molecule has 1 atom stereocenters. The number of hydrogen-bond acceptors (Lipinski definition) is 3. The second-order valence-electron chi connectivity index (χ2n) is 5.34. The van der Waals surface area contributed by atoms with Crippen LogP contribution >= 0.6 is 12.4 Å². The molecule has 1 unspecified atom stereocenters. The highest BCUT2D eigenvalue weighted by Crippen LogP contribution is 2.17. The fourth-order valence-electron chi connectivity index (χ4n) is 2.54. The number of carbonyl (C=O) groups excluding carboxylic acids is 2. The number of carbonyl (C=O) groups is 2. The minimum Gasteiger partial charge on any atom is -0.366 e. The van der Waals surface area contributed by atoms with Gasteiger partial charge in [0.15, 0.2) is 0 Å². The third-order valence-corrected chi connectivity index (χ3v) is 3.72. The Labute approximate surface area is 131 Å². The lowest BCUT2D eigenvalue weighted by atomic mass is 10.0. The quantitative estimate of drug-likeness (QED) is 0.776. The van der Waals surface area contributed by atoms with Crippen molar-refractivity contribution in [2.24, 2.45) is 11.7 Å². The van der Waals surface area contributed by atoms with Gasteiger partial charge in [-0.15, -0.1) is 12.4 Å². The molecular weight excluding hydrogens is 290 g/mol. The molecule has 5 nitrogen and oxygen atoms in total. The molecule has 0 aliphatic carbocycles. The molecule has 2 amide bonds. The second-order valence-corrected chi connectivity index (χ2v) is 5.34. The van der Waals surface area contributed by atoms with E-state index in [1.807, 2.05) is 0 Å². The zero-order valence-electron chi connectivity index (χ0n) is 12.1. The average molecular weight is 312 g/mol. The normalized spacial score (nSPS) is 17.1. The minimum atomic E-state index is -0.450. The first-order valence-electron chi connectivity index (χ1n) is 6.97. The maximum atomic E-state index is 11.9. The van der Waals surface area contributed by atoms with Crippen LogP contribution in [0.15, 0.2) is 18.2 Å². The Hall–Kier alpha value is -1.59. The first-order valence-corrected chi connectivity index (χ1v) is 6.97. The Morgan fingerprint density at radius 1 is 1.43 bits per heavy atom. The standard InChI is InChI=1S/C15H21N3O2.ClH/c1-10-8-12(3-4-13(10)15(16)20)18-14(19)5-2-11-6-7-17-9-11;/h3-4,8,11,17H,2,5-7,9H2,1H3,(H2,16,20)(H,18,19);1H. The van der Waals surface area contributed by atoms with Gasteiger partial charge in [-0.3, -0.25) is 9.59 Å². The van der Waals surface area contributed by atoms with E-state index in [4.69, 9.17) is 5.73 Å². The summed E-state index contributed by atoms with van der Waals surface area (Å²) < 4.78 is 0. The summed E-state index contributed by atoms with van der Waals surface area (Å²) in [4.78, 5) is 23.0. The molecule has 1 fully saturated rings. The van der Waals surface area contributed by atoms with Crippen molar-refractivity contribution in [2.75, 3.05) is 18.4 Å². The Bertz CT molecular complexity index is 514. The minimum absolute atomic E-state index is 0. The average Bonchev–Trinajstić information content (AvgIpc) is 2.89. The molecule has 0 saturated carbocycles. The zero-order chi connectivity index (χ0) is 14.5. The third kappa shape index (κ3) is 5.02. The molecule has 21 heavy (non-hydrogen) atoms. The van der Waals surface area contributed by atoms with E-state index >= 15 is 0 Å². The number of hydrogen-bond donors (Lipinski definition) is 3. The van der Waals surface area contributed by atoms with Gasteiger partial charge in [0.1, 0.15) is 0 Å². The van der Waals surface area contributed by atoms with Crippen LogP contribution in [0.25, 0.3) is 0 Å². The molecule has 0 radical (unpaired) electrons. The first-order chi connectivity index (χ1) is 9.56. The maximum Gasteiger partial charge on any atom is 0.248 e. The van der Waals surface area contributed by atoms with E-state index in [9.17, 15) is 9.59 Å². The predicted octanol–water partition coefficient (Wildman–Crippen LogP) is 1.84. The predicted molar refractivity (Wildman–Crippen MR) is 85.8 cm³/mol. The zero-order valence-corrected chi connectivity index (χ0v) is 13.0. The highest BCUT2D eigenvalue weighted by Gasteiger charge is 2.15. The molecule has 1 aromatic carbocycles. The van der Waals surface area contributed by atoms with Crippen molar-refractivity contribution in [1.29, 1.82) is 0 Å². The fraction of sp³-hybridized carbons (Fsp3) is 0.467. The number of rotatable bonds is 5. The van der Waals surface area contributed by atoms with E-state index in [0.717, 1.165) is 31.5 Å². The van der Waals surface area contributed by atoms with Crippen LogP contribution in [-0.4, -0.2) is 24.9 Å². The van der Waals surface area contributed by atoms with Crippen molar-refractivity contribution in [3.8, 4) is 0 Å². The molecule has 1 aromatic rings. The van der Waals surface area contributed by atoms with Gasteiger partial charge >= 0.3 is 0 Å². The monoisotopic (exact) mass is 311 g/mol. The van der Waals surface area contributed by atoms with Gasteiger partial charge in [-0.25, -0.2) is 0 Å². The van der Waals surface area contributed by atoms with Gasteiger partial charge in [-0.05, 0) is 62.5 Å². The fourth-order valence-corrected chi connectivity index (χ4v) is 2.54. The Morgan fingerprint density at radius 2 is 2.19 bits per heavy atom. The lowest BCUT2D eigenvalue weighted by Crippen LogP contribution is -2.16. The number of nitrogens with two attached hydrogens (primary N) is 1. The highest BCUT2D eigenvalue weighted by molar-refractivity contribution is 5.96. The molecule has 2 rings (SSSR count). The van der Waals surface area contributed by atoms with Crippen molar-refractivity contribution >= 4 is 29.9 Å². The highest BCUT2D eigenvalue weighted by atomic mass is 35.5. The largest absolute Gasteiger partial charge is 0.366 e. The van der Waals surface area contributed by atoms with Gasteiger partial charge in [0.05, 0.1) is 0 Å². The molecule has 1 saturated heterocycles. The number of amides is 2. The summed E-state index contributed by atoms with van der Waals surface area (Å²) >= 11 is 0. The van der Waals surface area contributed by atoms with E-state index in [1.165, 1.54) is 0 Å². The van der Waals surface area contributed by atoms with Crippen molar-refractivity contribution < 1.29 is 9.59 Å². The summed E-state index contributed by atoms with van der Waals surface area (Å²) in [6.45, 7) is 3.87. The second kappa shape index (κ2) is 8.00. The van der Waals surface area contributed by atoms with Crippen LogP contribution in [0, 0.1) is 12.8 Å². The van der Waals surface area contributed by atoms with Crippen LogP contribution < -0.4 is 16.4 Å². The molecule has 4 N–H and O–H groups in total. The molecule has 0 spiro atoms. The van der Waals surface area contributed by atoms with E-state index in [-0.39, 0.29) is 18.3 Å². The van der Waals surface area contributed by atoms with Gasteiger partial charge in [-0.2, -0.15) is 0 Å². The van der Waals surface area contributed by atoms with E-state index in [2.05, 4.69) is 10.6 Å². The van der Waals surface area contributed by atoms with Crippen molar-refractivity contribution in [3.63, 3.8) is 0 Å². The van der Waals surface area contributed by atoms with Crippen LogP contribution in [0.5, 0.6) is 0 Å². The summed E-state index contributed by atoms with van der Waals surface area (Å²) in [7, 11) is 0. The number of aryl methyl sites for hydroxylation is 1. The van der Waals surface area contributed by atoms with Gasteiger partial charge in [0.2, 0.25) is 11.8 Å². The molecule has 0 aromatic heterocycles. The summed E-state index contributed by atoms with van der Waals surface area (Å²) in [5.41, 5.74) is 7.22. The molecule has 116 valence electrons. The summed E-state index contributed by atoms with van der Waals surface area (Å²) in [5.74, 6) is 0.178. The van der Waals surface area contributed by atoms with E-state index < -0.39 is 5.91 Å². The molecule has 1 aliphatic rings. The Morgan fingerprint density at radius 3 is 2.76 bits per heavy atom. The Kier molecular flexibility index (Phi) is 6.65. The van der Waals surface area contributed by atoms with Gasteiger partial charge in [0, 0.05) is 17.7 Å². The van der Waals surface area contributed by atoms with E-state index in [0.29, 0.717) is 23.6 Å². The molecule has 1 aliphatic heterocycles. The van der Waals surface area contributed by atoms with Crippen LogP contribution in [0.3, 0.4) is 0 Å². The lowest BCUT2D eigenvalue weighted by Gasteiger charge is -2.10. The molecule has 6 heteroatoms. The molecule has 1 heterocycles. The van der Waals surface area contributed by atoms with Crippen molar-refractivity contribution in [3.05, 3.63) is 29.3 Å². The number of benzene rings is 1. The van der Waals surface area contributed by atoms with Crippen LogP contribution in [0.1, 0.15) is 35.2 Å². The maximum absolute atomic E-state index is 11.9. The van der Waals surface area contributed by atoms with Gasteiger partial charge < -0.3 is 16.4 Å². The van der Waals surface area contributed by atoms with Gasteiger partial charge in [0.25, 0.3) is 0 Å². The molecule has 0 bridgehead atoms. The van der Waals surface area contributed by atoms with Crippen molar-refractivity contribution in [2.45, 2.75) is 26.2 Å². The number of anilines is 1. The van der Waals surface area contributed by atoms with Crippen molar-refractivity contribution in [1.82, 2.24) is 5.32 Å². The summed E-state index contributed by atoms with van der Waals surface area (Å²) in [6.07, 6.45) is 2.60. The topological polar surface area (TPSA) is 84.2 Å². The first kappa shape index (κ1) is 17.5. The lowest BCUT2D eigenvalue weighted by molar-refractivity contribution is -0.116. The van der Waals surface area contributed by atoms with Crippen LogP contribution in [-0.2, 0) is 4.79 Å². The van der Waals surface area contributed by atoms with Crippen LogP contribution in [0.4, 0.5) is 5.69 Å². The Balaban J connectivity index is 0.00000220. The van der Waals surface area contributed by atoms with Crippen LogP contribution in [0.2, 0.25) is 0 Å². The van der Waals surface area contributed by atoms with Gasteiger partial charge in [-0.1, -0.05) is 0 Å². The SMILES string of the molecule is Cc1cc(NC(=O)CCC2CCNC2)ccc1C(N)=O.Cl. The summed E-state index contributed by atoms with van der Waals surface area (Å²) in [6, 6.07) is 5.13. The smallest absolute Gasteiger partial charge is 0.248 e. The van der Waals surface area contributed by atoms with E-state index in [1.54, 1.807) is 25.1 Å². The number of primary amides is 1.